The Labute approximate surface area is 164 Å². The zero-order chi connectivity index (χ0) is 18.4. The molecule has 1 saturated carbocycles. The van der Waals surface area contributed by atoms with E-state index in [0.29, 0.717) is 24.3 Å². The van der Waals surface area contributed by atoms with Crippen LogP contribution in [0, 0.1) is 11.7 Å². The standard InChI is InChI=1S/C20H22FN3O2.ClH/c21-17-8-6-16(7-9-17)20(26)24-18-3-1-2-15(10-18)12-23-19(25)13-22-11-14-4-5-14;/h1-3,6-10,14,22H,4-5,11-13H2,(H,23,25)(H,24,26);1H. The third-order valence-electron chi connectivity index (χ3n) is 4.20. The Morgan fingerprint density at radius 2 is 1.81 bits per heavy atom. The van der Waals surface area contributed by atoms with E-state index in [9.17, 15) is 14.0 Å². The van der Waals surface area contributed by atoms with Gasteiger partial charge >= 0.3 is 0 Å². The van der Waals surface area contributed by atoms with Crippen molar-refractivity contribution >= 4 is 29.9 Å². The monoisotopic (exact) mass is 391 g/mol. The Morgan fingerprint density at radius 3 is 2.52 bits per heavy atom. The van der Waals surface area contributed by atoms with E-state index < -0.39 is 0 Å². The minimum Gasteiger partial charge on any atom is -0.351 e. The molecule has 1 aliphatic carbocycles. The fraction of sp³-hybridized carbons (Fsp3) is 0.300. The van der Waals surface area contributed by atoms with Crippen molar-refractivity contribution in [3.05, 3.63) is 65.5 Å². The fourth-order valence-corrected chi connectivity index (χ4v) is 2.54. The van der Waals surface area contributed by atoms with Gasteiger partial charge in [-0.15, -0.1) is 12.4 Å². The number of hydrogen-bond acceptors (Lipinski definition) is 3. The van der Waals surface area contributed by atoms with E-state index >= 15 is 0 Å². The van der Waals surface area contributed by atoms with Gasteiger partial charge in [0.25, 0.3) is 5.91 Å². The molecule has 7 heteroatoms. The molecule has 0 aliphatic heterocycles. The summed E-state index contributed by atoms with van der Waals surface area (Å²) in [7, 11) is 0. The molecule has 0 atom stereocenters. The van der Waals surface area contributed by atoms with Crippen molar-refractivity contribution in [2.45, 2.75) is 19.4 Å². The highest BCUT2D eigenvalue weighted by Gasteiger charge is 2.20. The second-order valence-electron chi connectivity index (χ2n) is 6.51. The molecule has 3 N–H and O–H groups in total. The van der Waals surface area contributed by atoms with Gasteiger partial charge in [-0.2, -0.15) is 0 Å². The lowest BCUT2D eigenvalue weighted by Gasteiger charge is -2.09. The van der Waals surface area contributed by atoms with Gasteiger partial charge in [0.05, 0.1) is 6.54 Å². The average Bonchev–Trinajstić information content (AvgIpc) is 3.45. The van der Waals surface area contributed by atoms with E-state index in [0.717, 1.165) is 18.0 Å². The van der Waals surface area contributed by atoms with E-state index in [-0.39, 0.29) is 30.0 Å². The van der Waals surface area contributed by atoms with Gasteiger partial charge in [-0.05, 0) is 67.3 Å². The minimum absolute atomic E-state index is 0. The number of carbonyl (C=O) groups excluding carboxylic acids is 2. The molecule has 144 valence electrons. The van der Waals surface area contributed by atoms with Crippen molar-refractivity contribution in [3.63, 3.8) is 0 Å². The highest BCUT2D eigenvalue weighted by Crippen LogP contribution is 2.27. The van der Waals surface area contributed by atoms with Crippen LogP contribution < -0.4 is 16.0 Å². The zero-order valence-electron chi connectivity index (χ0n) is 14.8. The third-order valence-corrected chi connectivity index (χ3v) is 4.20. The number of amides is 2. The Kier molecular flexibility index (Phi) is 7.76. The Bertz CT molecular complexity index is 779. The van der Waals surface area contributed by atoms with Crippen molar-refractivity contribution in [1.29, 1.82) is 0 Å². The van der Waals surface area contributed by atoms with E-state index in [4.69, 9.17) is 0 Å². The Morgan fingerprint density at radius 1 is 1.07 bits per heavy atom. The van der Waals surface area contributed by atoms with Crippen LogP contribution in [-0.4, -0.2) is 24.9 Å². The molecule has 2 aromatic carbocycles. The normalized spacial score (nSPS) is 12.8. The maximum Gasteiger partial charge on any atom is 0.255 e. The average molecular weight is 392 g/mol. The van der Waals surface area contributed by atoms with E-state index in [1.165, 1.54) is 37.1 Å². The summed E-state index contributed by atoms with van der Waals surface area (Å²) < 4.78 is 12.9. The van der Waals surface area contributed by atoms with Crippen LogP contribution in [0.2, 0.25) is 0 Å². The maximum absolute atomic E-state index is 12.9. The number of benzene rings is 2. The van der Waals surface area contributed by atoms with Crippen LogP contribution >= 0.6 is 12.4 Å². The van der Waals surface area contributed by atoms with Crippen LogP contribution in [0.4, 0.5) is 10.1 Å². The van der Waals surface area contributed by atoms with Gasteiger partial charge in [-0.1, -0.05) is 12.1 Å². The molecule has 27 heavy (non-hydrogen) atoms. The van der Waals surface area contributed by atoms with Gasteiger partial charge in [-0.25, -0.2) is 4.39 Å². The van der Waals surface area contributed by atoms with Crippen molar-refractivity contribution in [2.24, 2.45) is 5.92 Å². The molecule has 0 saturated heterocycles. The van der Waals surface area contributed by atoms with Crippen molar-refractivity contribution < 1.29 is 14.0 Å². The molecule has 0 radical (unpaired) electrons. The summed E-state index contributed by atoms with van der Waals surface area (Å²) >= 11 is 0. The van der Waals surface area contributed by atoms with Gasteiger partial charge in [0.15, 0.2) is 0 Å². The molecule has 1 aliphatic rings. The summed E-state index contributed by atoms with van der Waals surface area (Å²) in [6.45, 7) is 1.61. The van der Waals surface area contributed by atoms with Crippen molar-refractivity contribution in [2.75, 3.05) is 18.4 Å². The van der Waals surface area contributed by atoms with E-state index in [1.807, 2.05) is 12.1 Å². The fourth-order valence-electron chi connectivity index (χ4n) is 2.54. The molecule has 0 aromatic heterocycles. The number of carbonyl (C=O) groups is 2. The summed E-state index contributed by atoms with van der Waals surface area (Å²) in [4.78, 5) is 24.0. The maximum atomic E-state index is 12.9. The second-order valence-corrected chi connectivity index (χ2v) is 6.51. The van der Waals surface area contributed by atoms with E-state index in [1.54, 1.807) is 12.1 Å². The minimum atomic E-state index is -0.383. The lowest BCUT2D eigenvalue weighted by Crippen LogP contribution is -2.34. The summed E-state index contributed by atoms with van der Waals surface area (Å²) in [5.41, 5.74) is 1.89. The Hall–Kier alpha value is -2.44. The lowest BCUT2D eigenvalue weighted by molar-refractivity contribution is -0.120. The van der Waals surface area contributed by atoms with Gasteiger partial charge in [0, 0.05) is 17.8 Å². The SMILES string of the molecule is Cl.O=C(CNCC1CC1)NCc1cccc(NC(=O)c2ccc(F)cc2)c1. The highest BCUT2D eigenvalue weighted by molar-refractivity contribution is 6.04. The number of anilines is 1. The van der Waals surface area contributed by atoms with Crippen LogP contribution in [-0.2, 0) is 11.3 Å². The van der Waals surface area contributed by atoms with Gasteiger partial charge < -0.3 is 16.0 Å². The number of hydrogen-bond donors (Lipinski definition) is 3. The first kappa shape index (κ1) is 20.9. The molecular weight excluding hydrogens is 369 g/mol. The first-order valence-electron chi connectivity index (χ1n) is 8.73. The second kappa shape index (κ2) is 10.0. The largest absolute Gasteiger partial charge is 0.351 e. The number of nitrogens with one attached hydrogen (secondary N) is 3. The smallest absolute Gasteiger partial charge is 0.255 e. The molecule has 0 bridgehead atoms. The van der Waals surface area contributed by atoms with Gasteiger partial charge in [-0.3, -0.25) is 9.59 Å². The molecule has 5 nitrogen and oxygen atoms in total. The predicted molar refractivity (Wildman–Crippen MR) is 105 cm³/mol. The lowest BCUT2D eigenvalue weighted by atomic mass is 10.1. The summed E-state index contributed by atoms with van der Waals surface area (Å²) in [5, 5.41) is 8.78. The molecule has 3 rings (SSSR count). The molecule has 1 fully saturated rings. The zero-order valence-corrected chi connectivity index (χ0v) is 15.7. The molecule has 0 spiro atoms. The first-order chi connectivity index (χ1) is 12.6. The summed E-state index contributed by atoms with van der Waals surface area (Å²) in [5.74, 6) is -0.00280. The molecule has 2 amide bonds. The van der Waals surface area contributed by atoms with Gasteiger partial charge in [0.2, 0.25) is 5.91 Å². The molecular formula is C20H23ClFN3O2. The number of halogens is 2. The van der Waals surface area contributed by atoms with Crippen LogP contribution in [0.3, 0.4) is 0 Å². The van der Waals surface area contributed by atoms with E-state index in [2.05, 4.69) is 16.0 Å². The Balaban J connectivity index is 0.00000261. The van der Waals surface area contributed by atoms with Crippen LogP contribution in [0.1, 0.15) is 28.8 Å². The predicted octanol–water partition coefficient (Wildman–Crippen LogP) is 3.12. The molecule has 0 heterocycles. The third kappa shape index (κ3) is 7.00. The molecule has 0 unspecified atom stereocenters. The van der Waals surface area contributed by atoms with Crippen LogP contribution in [0.15, 0.2) is 48.5 Å². The first-order valence-corrected chi connectivity index (χ1v) is 8.73. The highest BCUT2D eigenvalue weighted by atomic mass is 35.5. The van der Waals surface area contributed by atoms with Crippen LogP contribution in [0.25, 0.3) is 0 Å². The van der Waals surface area contributed by atoms with Crippen LogP contribution in [0.5, 0.6) is 0 Å². The number of rotatable bonds is 8. The van der Waals surface area contributed by atoms with Crippen molar-refractivity contribution in [3.8, 4) is 0 Å². The quantitative estimate of drug-likeness (QED) is 0.647. The van der Waals surface area contributed by atoms with Crippen molar-refractivity contribution in [1.82, 2.24) is 10.6 Å². The topological polar surface area (TPSA) is 70.2 Å². The van der Waals surface area contributed by atoms with Gasteiger partial charge in [0.1, 0.15) is 5.82 Å². The summed E-state index contributed by atoms with van der Waals surface area (Å²) in [6.07, 6.45) is 2.51. The summed E-state index contributed by atoms with van der Waals surface area (Å²) in [6, 6.07) is 12.6. The molecule has 2 aromatic rings.